The SMILES string of the molecule is CCOC(=O)c1cn2ncc(C#N)c(Nc3ccc(Br)cc3F)c2c1C. The van der Waals surface area contributed by atoms with E-state index in [0.29, 0.717) is 26.8 Å². The summed E-state index contributed by atoms with van der Waals surface area (Å²) < 4.78 is 21.4. The first kappa shape index (κ1) is 17.9. The first-order valence-electron chi connectivity index (χ1n) is 7.76. The molecule has 26 heavy (non-hydrogen) atoms. The van der Waals surface area contributed by atoms with Crippen LogP contribution in [0.15, 0.2) is 35.1 Å². The molecule has 0 radical (unpaired) electrons. The molecule has 3 rings (SSSR count). The van der Waals surface area contributed by atoms with Gasteiger partial charge in [-0.05, 0) is 37.6 Å². The van der Waals surface area contributed by atoms with Gasteiger partial charge >= 0.3 is 5.97 Å². The minimum atomic E-state index is -0.479. The molecule has 1 aromatic carbocycles. The number of aryl methyl sites for hydroxylation is 1. The van der Waals surface area contributed by atoms with Crippen molar-refractivity contribution in [1.82, 2.24) is 9.61 Å². The van der Waals surface area contributed by atoms with Crippen molar-refractivity contribution in [3.63, 3.8) is 0 Å². The van der Waals surface area contributed by atoms with Gasteiger partial charge in [-0.3, -0.25) is 0 Å². The Balaban J connectivity index is 2.19. The molecule has 0 atom stereocenters. The largest absolute Gasteiger partial charge is 0.462 e. The summed E-state index contributed by atoms with van der Waals surface area (Å²) in [5.74, 6) is -0.956. The van der Waals surface area contributed by atoms with Crippen molar-refractivity contribution < 1.29 is 13.9 Å². The number of nitrogens with zero attached hydrogens (tertiary/aromatic N) is 3. The molecule has 2 heterocycles. The lowest BCUT2D eigenvalue weighted by Crippen LogP contribution is -2.04. The lowest BCUT2D eigenvalue weighted by molar-refractivity contribution is 0.0525. The van der Waals surface area contributed by atoms with E-state index < -0.39 is 11.8 Å². The van der Waals surface area contributed by atoms with Gasteiger partial charge in [-0.25, -0.2) is 13.7 Å². The normalized spacial score (nSPS) is 10.6. The van der Waals surface area contributed by atoms with E-state index in [1.54, 1.807) is 26.0 Å². The number of hydrogen-bond acceptors (Lipinski definition) is 5. The number of halogens is 2. The zero-order valence-electron chi connectivity index (χ0n) is 14.0. The molecule has 0 unspecified atom stereocenters. The van der Waals surface area contributed by atoms with Gasteiger partial charge in [0.25, 0.3) is 0 Å². The molecule has 0 saturated heterocycles. The first-order chi connectivity index (χ1) is 12.5. The van der Waals surface area contributed by atoms with E-state index in [-0.39, 0.29) is 17.9 Å². The van der Waals surface area contributed by atoms with Gasteiger partial charge in [0.1, 0.15) is 11.9 Å². The van der Waals surface area contributed by atoms with Crippen LogP contribution in [0, 0.1) is 24.1 Å². The standard InChI is InChI=1S/C18H14BrFN4O2/c1-3-26-18(25)13-9-24-17(10(13)2)16(11(7-21)8-22-24)23-15-5-4-12(19)6-14(15)20/h4-6,8-9,23H,3H2,1-2H3. The molecule has 6 nitrogen and oxygen atoms in total. The number of aromatic nitrogens is 2. The molecule has 3 aromatic rings. The van der Waals surface area contributed by atoms with Crippen molar-refractivity contribution >= 4 is 38.8 Å². The van der Waals surface area contributed by atoms with E-state index in [0.717, 1.165) is 0 Å². The van der Waals surface area contributed by atoms with E-state index >= 15 is 0 Å². The summed E-state index contributed by atoms with van der Waals surface area (Å²) in [6, 6.07) is 6.61. The third-order valence-electron chi connectivity index (χ3n) is 3.86. The second-order valence-corrected chi connectivity index (χ2v) is 6.39. The van der Waals surface area contributed by atoms with Gasteiger partial charge in [-0.1, -0.05) is 15.9 Å². The number of anilines is 2. The lowest BCUT2D eigenvalue weighted by Gasteiger charge is -2.12. The minimum Gasteiger partial charge on any atom is -0.462 e. The average molecular weight is 417 g/mol. The Morgan fingerprint density at radius 2 is 2.27 bits per heavy atom. The Kier molecular flexibility index (Phi) is 4.91. The Morgan fingerprint density at radius 3 is 2.92 bits per heavy atom. The van der Waals surface area contributed by atoms with Crippen LogP contribution in [0.4, 0.5) is 15.8 Å². The molecular weight excluding hydrogens is 403 g/mol. The maximum absolute atomic E-state index is 14.2. The summed E-state index contributed by atoms with van der Waals surface area (Å²) in [6.45, 7) is 3.70. The fourth-order valence-corrected chi connectivity index (χ4v) is 2.97. The average Bonchev–Trinajstić information content (AvgIpc) is 2.95. The summed E-state index contributed by atoms with van der Waals surface area (Å²) in [7, 11) is 0. The Bertz CT molecular complexity index is 1060. The first-order valence-corrected chi connectivity index (χ1v) is 8.55. The summed E-state index contributed by atoms with van der Waals surface area (Å²) >= 11 is 3.21. The smallest absolute Gasteiger partial charge is 0.340 e. The molecule has 0 aliphatic carbocycles. The number of carbonyl (C=O) groups excluding carboxylic acids is 1. The zero-order chi connectivity index (χ0) is 18.8. The van der Waals surface area contributed by atoms with Crippen molar-refractivity contribution in [2.75, 3.05) is 11.9 Å². The van der Waals surface area contributed by atoms with E-state index in [2.05, 4.69) is 26.3 Å². The topological polar surface area (TPSA) is 79.4 Å². The number of carbonyl (C=O) groups is 1. The summed E-state index contributed by atoms with van der Waals surface area (Å²) in [6.07, 6.45) is 2.90. The fraction of sp³-hybridized carbons (Fsp3) is 0.167. The second-order valence-electron chi connectivity index (χ2n) is 5.48. The van der Waals surface area contributed by atoms with E-state index in [9.17, 15) is 14.4 Å². The van der Waals surface area contributed by atoms with Gasteiger partial charge in [-0.15, -0.1) is 0 Å². The highest BCUT2D eigenvalue weighted by molar-refractivity contribution is 9.10. The number of esters is 1. The molecule has 0 fully saturated rings. The van der Waals surface area contributed by atoms with Gasteiger partial charge in [0.2, 0.25) is 0 Å². The predicted molar refractivity (Wildman–Crippen MR) is 98.0 cm³/mol. The molecule has 1 N–H and O–H groups in total. The van der Waals surface area contributed by atoms with Crippen LogP contribution < -0.4 is 5.32 Å². The zero-order valence-corrected chi connectivity index (χ0v) is 15.6. The van der Waals surface area contributed by atoms with Crippen molar-refractivity contribution in [3.05, 3.63) is 57.6 Å². The number of nitrogens with one attached hydrogen (secondary N) is 1. The van der Waals surface area contributed by atoms with Crippen molar-refractivity contribution in [2.24, 2.45) is 0 Å². The maximum atomic E-state index is 14.2. The van der Waals surface area contributed by atoms with Crippen LogP contribution in [-0.2, 0) is 4.74 Å². The highest BCUT2D eigenvalue weighted by atomic mass is 79.9. The van der Waals surface area contributed by atoms with Crippen LogP contribution in [0.1, 0.15) is 28.4 Å². The van der Waals surface area contributed by atoms with E-state index in [1.807, 2.05) is 6.07 Å². The molecular formula is C18H14BrFN4O2. The molecule has 132 valence electrons. The number of benzene rings is 1. The third-order valence-corrected chi connectivity index (χ3v) is 4.36. The van der Waals surface area contributed by atoms with Crippen LogP contribution in [0.25, 0.3) is 5.52 Å². The lowest BCUT2D eigenvalue weighted by atomic mass is 10.1. The van der Waals surface area contributed by atoms with Crippen LogP contribution >= 0.6 is 15.9 Å². The van der Waals surface area contributed by atoms with Gasteiger partial charge in [0.05, 0.1) is 40.8 Å². The Hall–Kier alpha value is -2.92. The van der Waals surface area contributed by atoms with E-state index in [4.69, 9.17) is 4.74 Å². The summed E-state index contributed by atoms with van der Waals surface area (Å²) in [5.41, 5.74) is 2.25. The quantitative estimate of drug-likeness (QED) is 0.639. The number of hydrogen-bond donors (Lipinski definition) is 1. The molecule has 0 amide bonds. The van der Waals surface area contributed by atoms with Crippen LogP contribution in [0.3, 0.4) is 0 Å². The minimum absolute atomic E-state index is 0.205. The van der Waals surface area contributed by atoms with Crippen molar-refractivity contribution in [2.45, 2.75) is 13.8 Å². The van der Waals surface area contributed by atoms with Gasteiger partial charge in [0, 0.05) is 10.7 Å². The highest BCUT2D eigenvalue weighted by Gasteiger charge is 2.21. The van der Waals surface area contributed by atoms with E-state index in [1.165, 1.54) is 23.0 Å². The Labute approximate surface area is 157 Å². The van der Waals surface area contributed by atoms with Crippen LogP contribution in [0.5, 0.6) is 0 Å². The molecule has 8 heteroatoms. The molecule has 2 aromatic heterocycles. The molecule has 0 aliphatic rings. The predicted octanol–water partition coefficient (Wildman–Crippen LogP) is 4.34. The third kappa shape index (κ3) is 3.13. The van der Waals surface area contributed by atoms with Crippen molar-refractivity contribution in [3.8, 4) is 6.07 Å². The van der Waals surface area contributed by atoms with Gasteiger partial charge in [0.15, 0.2) is 0 Å². The second kappa shape index (κ2) is 7.14. The monoisotopic (exact) mass is 416 g/mol. The number of rotatable bonds is 4. The summed E-state index contributed by atoms with van der Waals surface area (Å²) in [4.78, 5) is 12.1. The fourth-order valence-electron chi connectivity index (χ4n) is 2.64. The molecule has 0 spiro atoms. The summed E-state index contributed by atoms with van der Waals surface area (Å²) in [5, 5.41) is 16.5. The number of fused-ring (bicyclic) bond motifs is 1. The van der Waals surface area contributed by atoms with Gasteiger partial charge < -0.3 is 10.1 Å². The van der Waals surface area contributed by atoms with Crippen LogP contribution in [-0.4, -0.2) is 22.2 Å². The number of nitriles is 1. The van der Waals surface area contributed by atoms with Crippen LogP contribution in [0.2, 0.25) is 0 Å². The molecule has 0 aliphatic heterocycles. The number of ether oxygens (including phenoxy) is 1. The van der Waals surface area contributed by atoms with Crippen molar-refractivity contribution in [1.29, 1.82) is 5.26 Å². The maximum Gasteiger partial charge on any atom is 0.340 e. The molecule has 0 saturated carbocycles. The van der Waals surface area contributed by atoms with Gasteiger partial charge in [-0.2, -0.15) is 10.4 Å². The Morgan fingerprint density at radius 1 is 1.50 bits per heavy atom. The highest BCUT2D eigenvalue weighted by Crippen LogP contribution is 2.31. The molecule has 0 bridgehead atoms.